The number of ether oxygens (including phenoxy) is 1. The number of hydrogen-bond acceptors (Lipinski definition) is 5. The molecule has 1 aromatic rings. The lowest BCUT2D eigenvalue weighted by Gasteiger charge is -2.30. The number of allylic oxidation sites excluding steroid dienone is 5. The molecule has 130 valence electrons. The standard InChI is InChI=1S/C18H18N2O4S/c1-24-13-8-6-12(7-9-13)10-15(18(22)19-23)20-14-4-2-3-5-16(14)25-11-17(20)21/h2-6,8,10,23H,7,9,11H2,1H3,(H,19,22). The van der Waals surface area contributed by atoms with Crippen LogP contribution in [0.1, 0.15) is 12.8 Å². The third-order valence-corrected chi connectivity index (χ3v) is 5.06. The summed E-state index contributed by atoms with van der Waals surface area (Å²) < 4.78 is 5.20. The fourth-order valence-electron chi connectivity index (χ4n) is 2.76. The van der Waals surface area contributed by atoms with Crippen molar-refractivity contribution in [3.63, 3.8) is 0 Å². The second-order valence-corrected chi connectivity index (χ2v) is 6.55. The Morgan fingerprint density at radius 2 is 2.12 bits per heavy atom. The molecule has 0 unspecified atom stereocenters. The van der Waals surface area contributed by atoms with Crippen LogP contribution in [-0.2, 0) is 14.3 Å². The number of methoxy groups -OCH3 is 1. The molecule has 1 aromatic carbocycles. The number of hydroxylamine groups is 1. The molecule has 1 heterocycles. The van der Waals surface area contributed by atoms with Crippen molar-refractivity contribution in [1.29, 1.82) is 0 Å². The van der Waals surface area contributed by atoms with Gasteiger partial charge >= 0.3 is 0 Å². The first-order valence-electron chi connectivity index (χ1n) is 7.78. The zero-order chi connectivity index (χ0) is 17.8. The van der Waals surface area contributed by atoms with Crippen molar-refractivity contribution in [3.05, 3.63) is 59.5 Å². The van der Waals surface area contributed by atoms with E-state index in [9.17, 15) is 9.59 Å². The van der Waals surface area contributed by atoms with Gasteiger partial charge in [0.1, 0.15) is 5.70 Å². The molecule has 2 aliphatic rings. The van der Waals surface area contributed by atoms with Crippen molar-refractivity contribution in [3.8, 4) is 0 Å². The maximum absolute atomic E-state index is 12.5. The van der Waals surface area contributed by atoms with Gasteiger partial charge in [0.15, 0.2) is 0 Å². The summed E-state index contributed by atoms with van der Waals surface area (Å²) in [4.78, 5) is 27.1. The number of rotatable bonds is 4. The predicted molar refractivity (Wildman–Crippen MR) is 95.1 cm³/mol. The van der Waals surface area contributed by atoms with Crippen LogP contribution in [0.25, 0.3) is 0 Å². The van der Waals surface area contributed by atoms with Crippen LogP contribution >= 0.6 is 11.8 Å². The molecule has 6 nitrogen and oxygen atoms in total. The number of fused-ring (bicyclic) bond motifs is 1. The minimum atomic E-state index is -0.725. The van der Waals surface area contributed by atoms with Gasteiger partial charge in [0.05, 0.1) is 24.3 Å². The molecule has 2 N–H and O–H groups in total. The Morgan fingerprint density at radius 3 is 2.80 bits per heavy atom. The van der Waals surface area contributed by atoms with Crippen LogP contribution in [-0.4, -0.2) is 29.9 Å². The Balaban J connectivity index is 2.04. The van der Waals surface area contributed by atoms with E-state index in [0.29, 0.717) is 18.5 Å². The number of amides is 2. The van der Waals surface area contributed by atoms with Gasteiger partial charge < -0.3 is 4.74 Å². The Labute approximate surface area is 149 Å². The summed E-state index contributed by atoms with van der Waals surface area (Å²) in [7, 11) is 1.62. The molecule has 0 saturated heterocycles. The molecular weight excluding hydrogens is 340 g/mol. The minimum Gasteiger partial charge on any atom is -0.501 e. The average molecular weight is 358 g/mol. The van der Waals surface area contributed by atoms with Crippen LogP contribution < -0.4 is 10.4 Å². The van der Waals surface area contributed by atoms with Crippen molar-refractivity contribution in [1.82, 2.24) is 5.48 Å². The Kier molecular flexibility index (Phi) is 5.25. The highest BCUT2D eigenvalue weighted by atomic mass is 32.2. The van der Waals surface area contributed by atoms with Gasteiger partial charge in [0, 0.05) is 11.3 Å². The van der Waals surface area contributed by atoms with Crippen LogP contribution in [0, 0.1) is 0 Å². The first-order chi connectivity index (χ1) is 12.1. The van der Waals surface area contributed by atoms with E-state index in [1.165, 1.54) is 16.7 Å². The molecule has 0 atom stereocenters. The highest BCUT2D eigenvalue weighted by Gasteiger charge is 2.30. The number of nitrogens with zero attached hydrogens (tertiary/aromatic N) is 1. The largest absolute Gasteiger partial charge is 0.501 e. The Hall–Kier alpha value is -2.51. The zero-order valence-electron chi connectivity index (χ0n) is 13.7. The molecule has 1 aliphatic carbocycles. The second-order valence-electron chi connectivity index (χ2n) is 5.53. The molecule has 0 saturated carbocycles. The summed E-state index contributed by atoms with van der Waals surface area (Å²) in [5.41, 5.74) is 3.27. The number of thioether (sulfide) groups is 1. The topological polar surface area (TPSA) is 78.9 Å². The van der Waals surface area contributed by atoms with Gasteiger partial charge in [-0.3, -0.25) is 19.7 Å². The fraction of sp³-hybridized carbons (Fsp3) is 0.222. The number of hydrogen-bond donors (Lipinski definition) is 2. The average Bonchev–Trinajstić information content (AvgIpc) is 2.66. The van der Waals surface area contributed by atoms with E-state index in [1.807, 2.05) is 30.4 Å². The maximum Gasteiger partial charge on any atom is 0.291 e. The molecule has 0 radical (unpaired) electrons. The second kappa shape index (κ2) is 7.58. The van der Waals surface area contributed by atoms with Gasteiger partial charge in [-0.15, -0.1) is 11.8 Å². The number of carbonyl (C=O) groups is 2. The smallest absolute Gasteiger partial charge is 0.291 e. The zero-order valence-corrected chi connectivity index (χ0v) is 14.5. The SMILES string of the molecule is COC1=CC=C(C=C(C(=O)NO)N2C(=O)CSc3ccccc32)CC1. The normalized spacial score (nSPS) is 17.4. The van der Waals surface area contributed by atoms with Gasteiger partial charge in [-0.05, 0) is 36.3 Å². The number of carbonyl (C=O) groups excluding carboxylic acids is 2. The van der Waals surface area contributed by atoms with Crippen LogP contribution in [0.2, 0.25) is 0 Å². The lowest BCUT2D eigenvalue weighted by Crippen LogP contribution is -2.40. The summed E-state index contributed by atoms with van der Waals surface area (Å²) >= 11 is 1.43. The van der Waals surface area contributed by atoms with Gasteiger partial charge in [0.25, 0.3) is 5.91 Å². The molecule has 3 rings (SSSR count). The van der Waals surface area contributed by atoms with Gasteiger partial charge in [0.2, 0.25) is 5.91 Å². The van der Waals surface area contributed by atoms with Crippen molar-refractivity contribution < 1.29 is 19.5 Å². The van der Waals surface area contributed by atoms with Crippen LogP contribution in [0.5, 0.6) is 0 Å². The fourth-order valence-corrected chi connectivity index (χ4v) is 3.65. The third-order valence-electron chi connectivity index (χ3n) is 4.01. The number of anilines is 1. The van der Waals surface area contributed by atoms with E-state index in [4.69, 9.17) is 9.94 Å². The molecular formula is C18H18N2O4S. The number of benzene rings is 1. The molecule has 25 heavy (non-hydrogen) atoms. The van der Waals surface area contributed by atoms with Crippen molar-refractivity contribution in [2.24, 2.45) is 0 Å². The van der Waals surface area contributed by atoms with Crippen LogP contribution in [0.4, 0.5) is 5.69 Å². The molecule has 1 aliphatic heterocycles. The van der Waals surface area contributed by atoms with E-state index in [1.54, 1.807) is 24.7 Å². The molecule has 0 spiro atoms. The van der Waals surface area contributed by atoms with E-state index < -0.39 is 5.91 Å². The first-order valence-corrected chi connectivity index (χ1v) is 8.77. The Morgan fingerprint density at radius 1 is 1.32 bits per heavy atom. The van der Waals surface area contributed by atoms with Gasteiger partial charge in [-0.2, -0.15) is 0 Å². The minimum absolute atomic E-state index is 0.0979. The van der Waals surface area contributed by atoms with Gasteiger partial charge in [-0.25, -0.2) is 5.48 Å². The molecule has 0 aromatic heterocycles. The first kappa shape index (κ1) is 17.3. The number of nitrogens with one attached hydrogen (secondary N) is 1. The molecule has 7 heteroatoms. The Bertz CT molecular complexity index is 798. The van der Waals surface area contributed by atoms with Crippen molar-refractivity contribution in [2.75, 3.05) is 17.8 Å². The molecule has 2 amide bonds. The quantitative estimate of drug-likeness (QED) is 0.492. The summed E-state index contributed by atoms with van der Waals surface area (Å²) in [6, 6.07) is 7.39. The van der Waals surface area contributed by atoms with Gasteiger partial charge in [-0.1, -0.05) is 18.2 Å². The van der Waals surface area contributed by atoms with Crippen molar-refractivity contribution in [2.45, 2.75) is 17.7 Å². The van der Waals surface area contributed by atoms with Crippen molar-refractivity contribution >= 4 is 29.3 Å². The number of para-hydroxylation sites is 1. The molecule has 0 fully saturated rings. The highest BCUT2D eigenvalue weighted by molar-refractivity contribution is 8.00. The van der Waals surface area contributed by atoms with E-state index in [2.05, 4.69) is 0 Å². The summed E-state index contributed by atoms with van der Waals surface area (Å²) in [5.74, 6) is 0.168. The lowest BCUT2D eigenvalue weighted by molar-refractivity contribution is -0.126. The summed E-state index contributed by atoms with van der Waals surface area (Å²) in [6.45, 7) is 0. The highest BCUT2D eigenvalue weighted by Crippen LogP contribution is 2.37. The van der Waals surface area contributed by atoms with E-state index in [-0.39, 0.29) is 17.4 Å². The summed E-state index contributed by atoms with van der Waals surface area (Å²) in [6.07, 6.45) is 6.72. The van der Waals surface area contributed by atoms with Crippen LogP contribution in [0.3, 0.4) is 0 Å². The van der Waals surface area contributed by atoms with Crippen LogP contribution in [0.15, 0.2) is 64.4 Å². The summed E-state index contributed by atoms with van der Waals surface area (Å²) in [5, 5.41) is 9.14. The monoisotopic (exact) mass is 358 g/mol. The third kappa shape index (κ3) is 3.62. The lowest BCUT2D eigenvalue weighted by atomic mass is 10.0. The predicted octanol–water partition coefficient (Wildman–Crippen LogP) is 2.77. The van der Waals surface area contributed by atoms with E-state index >= 15 is 0 Å². The van der Waals surface area contributed by atoms with E-state index in [0.717, 1.165) is 16.2 Å². The molecule has 0 bridgehead atoms. The maximum atomic E-state index is 12.5.